The van der Waals surface area contributed by atoms with E-state index in [1.165, 1.54) is 7.11 Å². The highest BCUT2D eigenvalue weighted by atomic mass is 35.5. The van der Waals surface area contributed by atoms with E-state index >= 15 is 0 Å². The molecule has 8 nitrogen and oxygen atoms in total. The van der Waals surface area contributed by atoms with E-state index in [2.05, 4.69) is 6.07 Å². The van der Waals surface area contributed by atoms with E-state index in [9.17, 15) is 10.1 Å². The fourth-order valence-corrected chi connectivity index (χ4v) is 5.91. The second-order valence-corrected chi connectivity index (χ2v) is 11.8. The Morgan fingerprint density at radius 1 is 0.978 bits per heavy atom. The van der Waals surface area contributed by atoms with Gasteiger partial charge in [-0.25, -0.2) is 4.79 Å². The molecule has 1 aliphatic heterocycles. The molecule has 4 aromatic carbocycles. The molecule has 0 fully saturated rings. The number of nitrogens with zero attached hydrogens (tertiary/aromatic N) is 1. The summed E-state index contributed by atoms with van der Waals surface area (Å²) in [7, 11) is 1.53. The summed E-state index contributed by atoms with van der Waals surface area (Å²) in [6.07, 6.45) is 0. The maximum absolute atomic E-state index is 13.2. The highest BCUT2D eigenvalue weighted by Crippen LogP contribution is 2.45. The van der Waals surface area contributed by atoms with Crippen LogP contribution in [0.15, 0.2) is 82.6 Å². The molecule has 2 heterocycles. The van der Waals surface area contributed by atoms with E-state index in [0.717, 1.165) is 22.1 Å². The predicted molar refractivity (Wildman–Crippen MR) is 175 cm³/mol. The number of carbonyl (C=O) groups excluding carboxylic acids is 1. The van der Waals surface area contributed by atoms with Gasteiger partial charge in [0.05, 0.1) is 13.0 Å². The Hall–Kier alpha value is -5.10. The van der Waals surface area contributed by atoms with Crippen LogP contribution in [0.1, 0.15) is 49.9 Å². The number of allylic oxidation sites excluding steroid dienone is 1. The molecule has 1 atom stereocenters. The molecule has 0 bridgehead atoms. The highest BCUT2D eigenvalue weighted by Gasteiger charge is 2.32. The van der Waals surface area contributed by atoms with Gasteiger partial charge < -0.3 is 29.1 Å². The summed E-state index contributed by atoms with van der Waals surface area (Å²) >= 11 is 12.3. The summed E-state index contributed by atoms with van der Waals surface area (Å²) in [5.74, 6) is 0.335. The molecule has 0 aliphatic carbocycles. The van der Waals surface area contributed by atoms with Gasteiger partial charge in [-0.15, -0.1) is 0 Å². The first-order chi connectivity index (χ1) is 22.1. The van der Waals surface area contributed by atoms with E-state index in [0.29, 0.717) is 49.6 Å². The van der Waals surface area contributed by atoms with Crippen LogP contribution in [0.5, 0.6) is 23.0 Å². The summed E-state index contributed by atoms with van der Waals surface area (Å²) in [6, 6.07) is 21.6. The molecule has 0 radical (unpaired) electrons. The number of halogens is 2. The van der Waals surface area contributed by atoms with Crippen molar-refractivity contribution in [1.29, 1.82) is 5.26 Å². The molecule has 232 valence electrons. The van der Waals surface area contributed by atoms with Crippen molar-refractivity contribution < 1.29 is 28.2 Å². The quantitative estimate of drug-likeness (QED) is 0.137. The van der Waals surface area contributed by atoms with Crippen molar-refractivity contribution in [1.82, 2.24) is 0 Å². The summed E-state index contributed by atoms with van der Waals surface area (Å²) in [6.45, 7) is 6.01. The molecule has 46 heavy (non-hydrogen) atoms. The number of nitrogens with two attached hydrogens (primary N) is 1. The average Bonchev–Trinajstić information content (AvgIpc) is 3.34. The van der Waals surface area contributed by atoms with Crippen LogP contribution in [-0.4, -0.2) is 13.1 Å². The Morgan fingerprint density at radius 2 is 1.76 bits per heavy atom. The van der Waals surface area contributed by atoms with Gasteiger partial charge >= 0.3 is 5.97 Å². The standard InChI is InChI=1S/C36H28Cl2N2O6/c1-18-11-26-20(3)34(45-30(26)12-19(18)2)36(41)44-24-8-9-25-31(15-24)46-35(40)27(16-39)33(25)21-6-10-29(32(13-21)42-4)43-17-22-5-7-23(37)14-28(22)38/h5-15,33H,17,40H2,1-4H3. The van der Waals surface area contributed by atoms with Crippen LogP contribution in [0.2, 0.25) is 10.0 Å². The number of methoxy groups -OCH3 is 1. The molecule has 6 rings (SSSR count). The summed E-state index contributed by atoms with van der Waals surface area (Å²) in [4.78, 5) is 13.2. The molecule has 0 amide bonds. The van der Waals surface area contributed by atoms with Gasteiger partial charge in [-0.1, -0.05) is 41.4 Å². The maximum Gasteiger partial charge on any atom is 0.379 e. The van der Waals surface area contributed by atoms with Crippen molar-refractivity contribution in [2.75, 3.05) is 7.11 Å². The zero-order chi connectivity index (χ0) is 32.7. The van der Waals surface area contributed by atoms with E-state index in [-0.39, 0.29) is 29.6 Å². The first-order valence-electron chi connectivity index (χ1n) is 14.3. The number of hydrogen-bond acceptors (Lipinski definition) is 8. The Bertz CT molecular complexity index is 2110. The lowest BCUT2D eigenvalue weighted by atomic mass is 9.83. The summed E-state index contributed by atoms with van der Waals surface area (Å²) in [5, 5.41) is 11.9. The molecule has 10 heteroatoms. The normalized spacial score (nSPS) is 14.0. The molecule has 1 aliphatic rings. The van der Waals surface area contributed by atoms with Gasteiger partial charge in [-0.2, -0.15) is 5.26 Å². The maximum atomic E-state index is 13.2. The van der Waals surface area contributed by atoms with E-state index in [1.807, 2.05) is 39.0 Å². The van der Waals surface area contributed by atoms with Crippen LogP contribution in [-0.2, 0) is 6.61 Å². The molecule has 0 saturated carbocycles. The monoisotopic (exact) mass is 654 g/mol. The third-order valence-corrected chi connectivity index (χ3v) is 8.65. The minimum absolute atomic E-state index is 0.0565. The minimum atomic E-state index is -0.641. The minimum Gasteiger partial charge on any atom is -0.493 e. The second-order valence-electron chi connectivity index (χ2n) is 10.9. The van der Waals surface area contributed by atoms with E-state index in [4.69, 9.17) is 52.3 Å². The van der Waals surface area contributed by atoms with Crippen molar-refractivity contribution in [3.05, 3.63) is 127 Å². The van der Waals surface area contributed by atoms with Crippen LogP contribution in [0, 0.1) is 32.1 Å². The Kier molecular flexibility index (Phi) is 8.30. The zero-order valence-electron chi connectivity index (χ0n) is 25.4. The Labute approximate surface area is 275 Å². The smallest absolute Gasteiger partial charge is 0.379 e. The predicted octanol–water partition coefficient (Wildman–Crippen LogP) is 8.69. The van der Waals surface area contributed by atoms with Crippen LogP contribution >= 0.6 is 23.2 Å². The molecule has 5 aromatic rings. The number of benzene rings is 4. The van der Waals surface area contributed by atoms with Crippen molar-refractivity contribution in [2.24, 2.45) is 5.73 Å². The fourth-order valence-electron chi connectivity index (χ4n) is 5.44. The van der Waals surface area contributed by atoms with Crippen LogP contribution in [0.3, 0.4) is 0 Å². The molecular weight excluding hydrogens is 627 g/mol. The van der Waals surface area contributed by atoms with Gasteiger partial charge in [-0.05, 0) is 79.9 Å². The number of aryl methyl sites for hydroxylation is 3. The first-order valence-corrected chi connectivity index (χ1v) is 15.0. The van der Waals surface area contributed by atoms with Crippen LogP contribution in [0.4, 0.5) is 0 Å². The molecule has 2 N–H and O–H groups in total. The lowest BCUT2D eigenvalue weighted by Gasteiger charge is -2.27. The Balaban J connectivity index is 1.28. The van der Waals surface area contributed by atoms with Crippen molar-refractivity contribution in [2.45, 2.75) is 33.3 Å². The van der Waals surface area contributed by atoms with Crippen LogP contribution < -0.4 is 24.7 Å². The first kappa shape index (κ1) is 30.9. The highest BCUT2D eigenvalue weighted by molar-refractivity contribution is 6.35. The SMILES string of the molecule is COc1cc(C2C(C#N)=C(N)Oc3cc(OC(=O)c4oc5cc(C)c(C)cc5c4C)ccc32)ccc1OCc1ccc(Cl)cc1Cl. The number of furan rings is 1. The molecular formula is C36H28Cl2N2O6. The second kappa shape index (κ2) is 12.4. The van der Waals surface area contributed by atoms with Crippen LogP contribution in [0.25, 0.3) is 11.0 Å². The average molecular weight is 656 g/mol. The number of esters is 1. The molecule has 0 spiro atoms. The number of rotatable bonds is 7. The van der Waals surface area contributed by atoms with Gasteiger partial charge in [0.15, 0.2) is 11.5 Å². The largest absolute Gasteiger partial charge is 0.493 e. The van der Waals surface area contributed by atoms with Gasteiger partial charge in [0.1, 0.15) is 35.3 Å². The topological polar surface area (TPSA) is 117 Å². The lowest BCUT2D eigenvalue weighted by molar-refractivity contribution is 0.0702. The number of fused-ring (bicyclic) bond motifs is 2. The number of ether oxygens (including phenoxy) is 4. The fraction of sp³-hybridized carbons (Fsp3) is 0.167. The zero-order valence-corrected chi connectivity index (χ0v) is 26.9. The van der Waals surface area contributed by atoms with E-state index in [1.54, 1.807) is 48.5 Å². The van der Waals surface area contributed by atoms with Crippen molar-refractivity contribution >= 4 is 40.1 Å². The van der Waals surface area contributed by atoms with Gasteiger partial charge in [-0.3, -0.25) is 0 Å². The number of carbonyl (C=O) groups is 1. The van der Waals surface area contributed by atoms with E-state index < -0.39 is 11.9 Å². The third kappa shape index (κ3) is 5.71. The van der Waals surface area contributed by atoms with Gasteiger partial charge in [0.25, 0.3) is 0 Å². The summed E-state index contributed by atoms with van der Waals surface area (Å²) < 4.78 is 29.1. The summed E-state index contributed by atoms with van der Waals surface area (Å²) in [5.41, 5.74) is 12.1. The van der Waals surface area contributed by atoms with Gasteiger partial charge in [0.2, 0.25) is 11.6 Å². The Morgan fingerprint density at radius 3 is 2.50 bits per heavy atom. The molecule has 1 unspecified atom stereocenters. The lowest BCUT2D eigenvalue weighted by Crippen LogP contribution is -2.21. The third-order valence-electron chi connectivity index (χ3n) is 8.06. The number of hydrogen-bond donors (Lipinski definition) is 1. The van der Waals surface area contributed by atoms with Gasteiger partial charge in [0, 0.05) is 38.2 Å². The van der Waals surface area contributed by atoms with Crippen molar-refractivity contribution in [3.8, 4) is 29.1 Å². The number of nitriles is 1. The molecule has 0 saturated heterocycles. The van der Waals surface area contributed by atoms with Crippen molar-refractivity contribution in [3.63, 3.8) is 0 Å². The molecule has 1 aromatic heterocycles.